The van der Waals surface area contributed by atoms with E-state index in [1.54, 1.807) is 19.3 Å². The monoisotopic (exact) mass is 353 g/mol. The van der Waals surface area contributed by atoms with Gasteiger partial charge in [-0.2, -0.15) is 0 Å². The Balaban J connectivity index is 1.35. The van der Waals surface area contributed by atoms with Gasteiger partial charge in [-0.3, -0.25) is 14.5 Å². The first-order chi connectivity index (χ1) is 12.6. The number of benzene rings is 1. The Bertz CT molecular complexity index is 882. The smallest absolute Gasteiger partial charge is 0.255 e. The first kappa shape index (κ1) is 16.8. The maximum Gasteiger partial charge on any atom is 0.255 e. The lowest BCUT2D eigenvalue weighted by Crippen LogP contribution is -2.48. The largest absolute Gasteiger partial charge is 0.493 e. The van der Waals surface area contributed by atoms with E-state index in [0.717, 1.165) is 38.4 Å². The average Bonchev–Trinajstić information content (AvgIpc) is 3.12. The van der Waals surface area contributed by atoms with Crippen LogP contribution in [0.5, 0.6) is 5.75 Å². The number of hydrogen-bond donors (Lipinski definition) is 0. The van der Waals surface area contributed by atoms with E-state index in [-0.39, 0.29) is 11.5 Å². The molecule has 2 aliphatic heterocycles. The van der Waals surface area contributed by atoms with Gasteiger partial charge >= 0.3 is 0 Å². The van der Waals surface area contributed by atoms with Crippen molar-refractivity contribution in [2.45, 2.75) is 13.0 Å². The maximum absolute atomic E-state index is 12.6. The number of carbonyl (C=O) groups is 1. The number of aryl methyl sites for hydroxylation is 1. The molecule has 2 aromatic rings. The van der Waals surface area contributed by atoms with Gasteiger partial charge in [-0.05, 0) is 23.3 Å². The summed E-state index contributed by atoms with van der Waals surface area (Å²) < 4.78 is 7.01. The van der Waals surface area contributed by atoms with Crippen molar-refractivity contribution in [1.29, 1.82) is 0 Å². The highest BCUT2D eigenvalue weighted by atomic mass is 16.5. The van der Waals surface area contributed by atoms with Gasteiger partial charge in [-0.1, -0.05) is 12.1 Å². The third kappa shape index (κ3) is 3.37. The van der Waals surface area contributed by atoms with Crippen molar-refractivity contribution in [3.8, 4) is 5.75 Å². The second-order valence-electron chi connectivity index (χ2n) is 6.98. The van der Waals surface area contributed by atoms with Crippen LogP contribution >= 0.6 is 0 Å². The van der Waals surface area contributed by atoms with Crippen LogP contribution in [0.1, 0.15) is 21.5 Å². The van der Waals surface area contributed by atoms with Crippen molar-refractivity contribution < 1.29 is 9.53 Å². The number of rotatable bonds is 3. The summed E-state index contributed by atoms with van der Waals surface area (Å²) in [6.45, 7) is 4.79. The van der Waals surface area contributed by atoms with E-state index in [4.69, 9.17) is 4.74 Å². The molecule has 0 N–H and O–H groups in total. The zero-order valence-corrected chi connectivity index (χ0v) is 15.0. The first-order valence-corrected chi connectivity index (χ1v) is 9.03. The van der Waals surface area contributed by atoms with E-state index in [1.807, 2.05) is 4.90 Å². The van der Waals surface area contributed by atoms with Crippen LogP contribution < -0.4 is 10.3 Å². The highest BCUT2D eigenvalue weighted by molar-refractivity contribution is 5.94. The normalized spacial score (nSPS) is 17.0. The fourth-order valence-electron chi connectivity index (χ4n) is 3.61. The van der Waals surface area contributed by atoms with Gasteiger partial charge in [-0.15, -0.1) is 0 Å². The first-order valence-electron chi connectivity index (χ1n) is 9.03. The number of amides is 1. The molecular weight excluding hydrogens is 330 g/mol. The average molecular weight is 353 g/mol. The molecule has 0 atom stereocenters. The Morgan fingerprint density at radius 3 is 2.69 bits per heavy atom. The number of fused-ring (bicyclic) bond motifs is 1. The van der Waals surface area contributed by atoms with Gasteiger partial charge in [-0.25, -0.2) is 0 Å². The molecule has 1 amide bonds. The molecule has 0 aliphatic carbocycles. The van der Waals surface area contributed by atoms with E-state index in [2.05, 4.69) is 23.1 Å². The molecule has 26 heavy (non-hydrogen) atoms. The van der Waals surface area contributed by atoms with Crippen LogP contribution in [0.25, 0.3) is 0 Å². The van der Waals surface area contributed by atoms with Gasteiger partial charge in [0.2, 0.25) is 5.56 Å². The summed E-state index contributed by atoms with van der Waals surface area (Å²) in [6, 6.07) is 9.50. The zero-order valence-electron chi connectivity index (χ0n) is 15.0. The lowest BCUT2D eigenvalue weighted by molar-refractivity contribution is 0.0627. The third-order valence-corrected chi connectivity index (χ3v) is 5.15. The van der Waals surface area contributed by atoms with Gasteiger partial charge in [0.15, 0.2) is 0 Å². The summed E-state index contributed by atoms with van der Waals surface area (Å²) in [6.07, 6.45) is 2.61. The highest BCUT2D eigenvalue weighted by Gasteiger charge is 2.23. The molecule has 6 heteroatoms. The van der Waals surface area contributed by atoms with E-state index < -0.39 is 0 Å². The molecule has 0 bridgehead atoms. The van der Waals surface area contributed by atoms with Crippen molar-refractivity contribution in [3.63, 3.8) is 0 Å². The van der Waals surface area contributed by atoms with E-state index in [1.165, 1.54) is 21.8 Å². The van der Waals surface area contributed by atoms with E-state index in [9.17, 15) is 9.59 Å². The maximum atomic E-state index is 12.6. The zero-order chi connectivity index (χ0) is 18.1. The van der Waals surface area contributed by atoms with Crippen LogP contribution in [-0.2, 0) is 20.0 Å². The fraction of sp³-hybridized carbons (Fsp3) is 0.400. The quantitative estimate of drug-likeness (QED) is 0.834. The van der Waals surface area contributed by atoms with Crippen LogP contribution in [0.2, 0.25) is 0 Å². The van der Waals surface area contributed by atoms with Gasteiger partial charge < -0.3 is 14.2 Å². The number of piperazine rings is 1. The molecule has 3 heterocycles. The summed E-state index contributed by atoms with van der Waals surface area (Å²) in [7, 11) is 1.67. The van der Waals surface area contributed by atoms with Crippen LogP contribution in [0, 0.1) is 0 Å². The number of aromatic nitrogens is 1. The Hall–Kier alpha value is -2.60. The molecule has 2 aliphatic rings. The van der Waals surface area contributed by atoms with Crippen molar-refractivity contribution >= 4 is 5.91 Å². The SMILES string of the molecule is Cn1cc(C(=O)N2CCN(Cc3ccc4c(c3)CCO4)CC2)ccc1=O. The lowest BCUT2D eigenvalue weighted by atomic mass is 10.1. The molecule has 0 radical (unpaired) electrons. The molecule has 6 nitrogen and oxygen atoms in total. The topological polar surface area (TPSA) is 54.8 Å². The molecule has 4 rings (SSSR count). The van der Waals surface area contributed by atoms with Crippen LogP contribution in [0.4, 0.5) is 0 Å². The molecule has 0 saturated carbocycles. The van der Waals surface area contributed by atoms with Crippen LogP contribution in [0.15, 0.2) is 41.3 Å². The number of ether oxygens (including phenoxy) is 1. The van der Waals surface area contributed by atoms with Crippen molar-refractivity contribution in [2.24, 2.45) is 7.05 Å². The Labute approximate surface area is 152 Å². The summed E-state index contributed by atoms with van der Waals surface area (Å²) >= 11 is 0. The summed E-state index contributed by atoms with van der Waals surface area (Å²) in [5, 5.41) is 0. The van der Waals surface area contributed by atoms with Crippen molar-refractivity contribution in [2.75, 3.05) is 32.8 Å². The fourth-order valence-corrected chi connectivity index (χ4v) is 3.61. The molecule has 0 spiro atoms. The highest BCUT2D eigenvalue weighted by Crippen LogP contribution is 2.26. The number of hydrogen-bond acceptors (Lipinski definition) is 4. The van der Waals surface area contributed by atoms with E-state index >= 15 is 0 Å². The molecule has 1 fully saturated rings. The second-order valence-corrected chi connectivity index (χ2v) is 6.98. The molecule has 1 aromatic heterocycles. The van der Waals surface area contributed by atoms with Crippen LogP contribution in [-0.4, -0.2) is 53.1 Å². The minimum Gasteiger partial charge on any atom is -0.493 e. The summed E-state index contributed by atoms with van der Waals surface area (Å²) in [5.41, 5.74) is 3.06. The predicted molar refractivity (Wildman–Crippen MR) is 98.5 cm³/mol. The Morgan fingerprint density at radius 2 is 1.92 bits per heavy atom. The molecular formula is C20H23N3O3. The summed E-state index contributed by atoms with van der Waals surface area (Å²) in [5.74, 6) is 1.01. The van der Waals surface area contributed by atoms with Gasteiger partial charge in [0, 0.05) is 58.5 Å². The Morgan fingerprint density at radius 1 is 1.12 bits per heavy atom. The van der Waals surface area contributed by atoms with E-state index in [0.29, 0.717) is 18.7 Å². The molecule has 1 saturated heterocycles. The minimum absolute atomic E-state index is 0.00469. The number of carbonyl (C=O) groups excluding carboxylic acids is 1. The number of nitrogens with zero attached hydrogens (tertiary/aromatic N) is 3. The second kappa shape index (κ2) is 6.96. The Kier molecular flexibility index (Phi) is 4.51. The van der Waals surface area contributed by atoms with Gasteiger partial charge in [0.05, 0.1) is 12.2 Å². The standard InChI is InChI=1S/C20H23N3O3/c1-21-14-17(3-5-19(21)24)20(25)23-9-7-22(8-10-23)13-15-2-4-18-16(12-15)6-11-26-18/h2-5,12,14H,6-11,13H2,1H3. The lowest BCUT2D eigenvalue weighted by Gasteiger charge is -2.34. The predicted octanol–water partition coefficient (Wildman–Crippen LogP) is 1.28. The van der Waals surface area contributed by atoms with Crippen molar-refractivity contribution in [3.05, 3.63) is 63.6 Å². The van der Waals surface area contributed by atoms with Crippen molar-refractivity contribution in [1.82, 2.24) is 14.4 Å². The molecule has 1 aromatic carbocycles. The van der Waals surface area contributed by atoms with Gasteiger partial charge in [0.25, 0.3) is 5.91 Å². The molecule has 0 unspecified atom stereocenters. The summed E-state index contributed by atoms with van der Waals surface area (Å²) in [4.78, 5) is 28.4. The van der Waals surface area contributed by atoms with Gasteiger partial charge in [0.1, 0.15) is 5.75 Å². The third-order valence-electron chi connectivity index (χ3n) is 5.15. The minimum atomic E-state index is -0.105. The molecule has 136 valence electrons. The van der Waals surface area contributed by atoms with Crippen LogP contribution in [0.3, 0.4) is 0 Å². The number of pyridine rings is 1.